The van der Waals surface area contributed by atoms with E-state index in [2.05, 4.69) is 77.8 Å². The Morgan fingerprint density at radius 1 is 1.10 bits per heavy atom. The van der Waals surface area contributed by atoms with Crippen molar-refractivity contribution in [3.8, 4) is 12.1 Å². The van der Waals surface area contributed by atoms with E-state index in [0.717, 1.165) is 41.7 Å². The molecule has 4 aromatic rings. The minimum Gasteiger partial charge on any atom is -0.459 e. The second-order valence-electron chi connectivity index (χ2n) is 10.6. The molecule has 0 saturated heterocycles. The first-order valence-electron chi connectivity index (χ1n) is 13.2. The third-order valence-electron chi connectivity index (χ3n) is 6.15. The molecule has 2 atom stereocenters. The quantitative estimate of drug-likeness (QED) is 0.210. The molecular formula is C30H36N6O2S. The van der Waals surface area contributed by atoms with Crippen molar-refractivity contribution >= 4 is 21.6 Å². The molecule has 2 unspecified atom stereocenters. The van der Waals surface area contributed by atoms with E-state index in [1.165, 1.54) is 16.9 Å². The first-order valence-corrected chi connectivity index (χ1v) is 14.1. The van der Waals surface area contributed by atoms with Crippen molar-refractivity contribution in [1.82, 2.24) is 24.8 Å². The summed E-state index contributed by atoms with van der Waals surface area (Å²) in [5.74, 6) is -0.604. The normalized spacial score (nSPS) is 13.4. The van der Waals surface area contributed by atoms with Crippen molar-refractivity contribution in [3.63, 3.8) is 0 Å². The largest absolute Gasteiger partial charge is 0.459 e. The Bertz CT molecular complexity index is 1380. The highest BCUT2D eigenvalue weighted by Gasteiger charge is 2.21. The fourth-order valence-corrected chi connectivity index (χ4v) is 5.31. The molecule has 0 saturated carbocycles. The van der Waals surface area contributed by atoms with Crippen molar-refractivity contribution in [3.05, 3.63) is 76.8 Å². The lowest BCUT2D eigenvalue weighted by atomic mass is 10.1. The molecule has 39 heavy (non-hydrogen) atoms. The number of ether oxygens (including phenoxy) is 2. The highest BCUT2D eigenvalue weighted by Crippen LogP contribution is 2.30. The van der Waals surface area contributed by atoms with E-state index in [1.807, 2.05) is 18.2 Å². The number of benzene rings is 1. The van der Waals surface area contributed by atoms with Crippen LogP contribution in [0.15, 0.2) is 55.0 Å². The van der Waals surface area contributed by atoms with Crippen LogP contribution in [0.2, 0.25) is 0 Å². The van der Waals surface area contributed by atoms with Crippen LogP contribution in [0.3, 0.4) is 0 Å². The molecule has 3 aromatic heterocycles. The molecule has 8 nitrogen and oxygen atoms in total. The first-order chi connectivity index (χ1) is 18.7. The second kappa shape index (κ2) is 13.1. The van der Waals surface area contributed by atoms with Gasteiger partial charge in [0.1, 0.15) is 17.5 Å². The molecule has 204 valence electrons. The molecule has 0 spiro atoms. The van der Waals surface area contributed by atoms with Crippen LogP contribution in [-0.4, -0.2) is 50.1 Å². The zero-order valence-electron chi connectivity index (χ0n) is 23.3. The fraction of sp³-hybridized carbons (Fsp3) is 0.433. The van der Waals surface area contributed by atoms with Crippen molar-refractivity contribution in [2.45, 2.75) is 71.3 Å². The number of fused-ring (bicyclic) bond motifs is 1. The van der Waals surface area contributed by atoms with Crippen molar-refractivity contribution in [1.29, 1.82) is 5.26 Å². The molecule has 0 aliphatic heterocycles. The second-order valence-corrected chi connectivity index (χ2v) is 11.7. The number of rotatable bonds is 12. The lowest BCUT2D eigenvalue weighted by Crippen LogP contribution is -2.30. The van der Waals surface area contributed by atoms with Gasteiger partial charge in [-0.05, 0) is 63.9 Å². The third-order valence-corrected chi connectivity index (χ3v) is 7.25. The molecular weight excluding hydrogens is 508 g/mol. The predicted molar refractivity (Wildman–Crippen MR) is 154 cm³/mol. The Labute approximate surface area is 234 Å². The van der Waals surface area contributed by atoms with Crippen LogP contribution in [0.5, 0.6) is 6.01 Å². The average molecular weight is 545 g/mol. The minimum absolute atomic E-state index is 0.125. The van der Waals surface area contributed by atoms with Crippen LogP contribution in [-0.2, 0) is 17.9 Å². The highest BCUT2D eigenvalue weighted by atomic mass is 32.1. The number of pyridine rings is 1. The molecule has 0 radical (unpaired) electrons. The lowest BCUT2D eigenvalue weighted by molar-refractivity contribution is -0.0664. The molecule has 0 bridgehead atoms. The Morgan fingerprint density at radius 3 is 2.67 bits per heavy atom. The molecule has 1 aromatic carbocycles. The number of nitriles is 1. The Balaban J connectivity index is 1.35. The smallest absolute Gasteiger partial charge is 0.316 e. The number of hydrogen-bond acceptors (Lipinski definition) is 9. The summed E-state index contributed by atoms with van der Waals surface area (Å²) in [7, 11) is 2.14. The monoisotopic (exact) mass is 544 g/mol. The maximum atomic E-state index is 9.88. The van der Waals surface area contributed by atoms with Gasteiger partial charge in [-0.2, -0.15) is 10.2 Å². The topological polar surface area (TPSA) is 97.1 Å². The van der Waals surface area contributed by atoms with Crippen LogP contribution < -0.4 is 4.74 Å². The van der Waals surface area contributed by atoms with Gasteiger partial charge in [0, 0.05) is 25.5 Å². The number of hydrogen-bond donors (Lipinski definition) is 0. The third kappa shape index (κ3) is 8.27. The van der Waals surface area contributed by atoms with Gasteiger partial charge >= 0.3 is 6.01 Å². The van der Waals surface area contributed by atoms with Crippen LogP contribution in [0.25, 0.3) is 10.2 Å². The van der Waals surface area contributed by atoms with Gasteiger partial charge < -0.3 is 14.4 Å². The average Bonchev–Trinajstić information content (AvgIpc) is 3.34. The summed E-state index contributed by atoms with van der Waals surface area (Å²) in [5.41, 5.74) is 3.46. The fourth-order valence-electron chi connectivity index (χ4n) is 4.32. The molecule has 0 aliphatic carbocycles. The van der Waals surface area contributed by atoms with Gasteiger partial charge in [0.25, 0.3) is 0 Å². The van der Waals surface area contributed by atoms with Crippen LogP contribution in [0, 0.1) is 11.3 Å². The summed E-state index contributed by atoms with van der Waals surface area (Å²) in [6.45, 7) is 10.6. The summed E-state index contributed by atoms with van der Waals surface area (Å²) in [6.07, 6.45) is 7.31. The van der Waals surface area contributed by atoms with E-state index in [1.54, 1.807) is 24.7 Å². The standard InChI is InChI=1S/C30H36N6O2S/c1-6-23(38-30(2,3)4)12-15-36(5)19-21-8-7-9-22(16-21)20-37-29-33-14-10-25(35-29)24(17-31)28-34-26-18-32-13-11-27(26)39-28/h7-11,13-14,16,18,23-24H,6,12,15,19-20H2,1-5H3. The number of thiazole rings is 1. The van der Waals surface area contributed by atoms with E-state index in [-0.39, 0.29) is 17.7 Å². The molecule has 3 heterocycles. The zero-order valence-corrected chi connectivity index (χ0v) is 24.1. The first kappa shape index (κ1) is 28.6. The van der Waals surface area contributed by atoms with Crippen molar-refractivity contribution in [2.24, 2.45) is 0 Å². The van der Waals surface area contributed by atoms with Gasteiger partial charge in [-0.1, -0.05) is 31.2 Å². The van der Waals surface area contributed by atoms with Crippen LogP contribution in [0.4, 0.5) is 0 Å². The van der Waals surface area contributed by atoms with Gasteiger partial charge in [0.05, 0.1) is 39.9 Å². The van der Waals surface area contributed by atoms with Gasteiger partial charge in [-0.25, -0.2) is 9.97 Å². The molecule has 0 amide bonds. The lowest BCUT2D eigenvalue weighted by Gasteiger charge is -2.28. The molecule has 0 fully saturated rings. The van der Waals surface area contributed by atoms with E-state index in [9.17, 15) is 5.26 Å². The SMILES string of the molecule is CCC(CCN(C)Cc1cccc(COc2nccc(C(C#N)c3nc4cnccc4s3)n2)c1)OC(C)(C)C. The molecule has 9 heteroatoms. The van der Waals surface area contributed by atoms with Crippen LogP contribution in [0.1, 0.15) is 68.3 Å². The van der Waals surface area contributed by atoms with Crippen molar-refractivity contribution < 1.29 is 9.47 Å². The minimum atomic E-state index is -0.604. The summed E-state index contributed by atoms with van der Waals surface area (Å²) in [6, 6.07) is 14.6. The highest BCUT2D eigenvalue weighted by molar-refractivity contribution is 7.18. The maximum absolute atomic E-state index is 9.88. The summed E-state index contributed by atoms with van der Waals surface area (Å²) < 4.78 is 13.1. The Hall–Kier alpha value is -3.45. The van der Waals surface area contributed by atoms with Crippen molar-refractivity contribution in [2.75, 3.05) is 13.6 Å². The van der Waals surface area contributed by atoms with Gasteiger partial charge in [0.15, 0.2) is 0 Å². The van der Waals surface area contributed by atoms with E-state index < -0.39 is 5.92 Å². The number of aromatic nitrogens is 4. The molecule has 0 N–H and O–H groups in total. The van der Waals surface area contributed by atoms with Gasteiger partial charge in [-0.3, -0.25) is 4.98 Å². The molecule has 0 aliphatic rings. The Morgan fingerprint density at radius 2 is 1.92 bits per heavy atom. The molecule has 4 rings (SSSR count). The van der Waals surface area contributed by atoms with E-state index in [4.69, 9.17) is 9.47 Å². The Kier molecular flexibility index (Phi) is 9.57. The summed E-state index contributed by atoms with van der Waals surface area (Å²) in [5, 5.41) is 10.6. The van der Waals surface area contributed by atoms with E-state index in [0.29, 0.717) is 17.3 Å². The van der Waals surface area contributed by atoms with Crippen LogP contribution >= 0.6 is 11.3 Å². The maximum Gasteiger partial charge on any atom is 0.316 e. The predicted octanol–water partition coefficient (Wildman–Crippen LogP) is 6.13. The summed E-state index contributed by atoms with van der Waals surface area (Å²) in [4.78, 5) is 19.8. The van der Waals surface area contributed by atoms with Gasteiger partial charge in [0.2, 0.25) is 0 Å². The zero-order chi connectivity index (χ0) is 27.8. The number of nitrogens with zero attached hydrogens (tertiary/aromatic N) is 6. The van der Waals surface area contributed by atoms with Gasteiger partial charge in [-0.15, -0.1) is 11.3 Å². The van der Waals surface area contributed by atoms with E-state index >= 15 is 0 Å². The summed E-state index contributed by atoms with van der Waals surface area (Å²) >= 11 is 1.47.